The molecular formula is C17H26O5. The Balaban J connectivity index is 0.000000220. The number of aliphatic hydroxyl groups is 1. The van der Waals surface area contributed by atoms with E-state index in [1.54, 1.807) is 0 Å². The molecule has 1 aromatic rings. The molecule has 0 aromatic heterocycles. The minimum Gasteiger partial charge on any atom is -0.504 e. The summed E-state index contributed by atoms with van der Waals surface area (Å²) in [6.45, 7) is 6.66. The van der Waals surface area contributed by atoms with E-state index in [-0.39, 0.29) is 11.7 Å². The molecule has 5 heteroatoms. The number of phenols is 2. The summed E-state index contributed by atoms with van der Waals surface area (Å²) >= 11 is 0. The Bertz CT molecular complexity index is 498. The van der Waals surface area contributed by atoms with E-state index in [2.05, 4.69) is 20.8 Å². The molecule has 0 amide bonds. The second kappa shape index (κ2) is 8.03. The molecule has 5 nitrogen and oxygen atoms in total. The molecule has 0 aliphatic heterocycles. The topological polar surface area (TPSA) is 98.0 Å². The zero-order valence-corrected chi connectivity index (χ0v) is 13.4. The van der Waals surface area contributed by atoms with Crippen LogP contribution in [0.25, 0.3) is 0 Å². The maximum Gasteiger partial charge on any atom is 0.339 e. The molecule has 3 atom stereocenters. The maximum atomic E-state index is 10.3. The van der Waals surface area contributed by atoms with Crippen LogP contribution in [-0.2, 0) is 0 Å². The molecule has 2 rings (SSSR count). The minimum atomic E-state index is -1.27. The predicted octanol–water partition coefficient (Wildman–Crippen LogP) is 3.24. The molecule has 22 heavy (non-hydrogen) atoms. The lowest BCUT2D eigenvalue weighted by Crippen LogP contribution is -2.31. The van der Waals surface area contributed by atoms with Crippen LogP contribution < -0.4 is 0 Å². The molecule has 3 unspecified atom stereocenters. The number of hydrogen-bond acceptors (Lipinski definition) is 4. The molecule has 1 saturated carbocycles. The third kappa shape index (κ3) is 4.91. The number of phenolic OH excluding ortho intramolecular Hbond substituents is 1. The van der Waals surface area contributed by atoms with E-state index >= 15 is 0 Å². The fourth-order valence-corrected chi connectivity index (χ4v) is 2.86. The summed E-state index contributed by atoms with van der Waals surface area (Å²) in [7, 11) is 0. The van der Waals surface area contributed by atoms with Gasteiger partial charge in [0.25, 0.3) is 0 Å². The van der Waals surface area contributed by atoms with Crippen molar-refractivity contribution >= 4 is 5.97 Å². The van der Waals surface area contributed by atoms with Crippen LogP contribution in [0.2, 0.25) is 0 Å². The summed E-state index contributed by atoms with van der Waals surface area (Å²) in [5.41, 5.74) is -0.301. The molecular weight excluding hydrogens is 284 g/mol. The zero-order valence-electron chi connectivity index (χ0n) is 13.4. The van der Waals surface area contributed by atoms with Crippen molar-refractivity contribution in [2.75, 3.05) is 0 Å². The van der Waals surface area contributed by atoms with E-state index in [1.807, 2.05) is 0 Å². The summed E-state index contributed by atoms with van der Waals surface area (Å²) in [5.74, 6) is -0.341. The summed E-state index contributed by atoms with van der Waals surface area (Å²) < 4.78 is 0. The van der Waals surface area contributed by atoms with Gasteiger partial charge in [0.2, 0.25) is 0 Å². The van der Waals surface area contributed by atoms with Gasteiger partial charge in [0, 0.05) is 0 Å². The highest BCUT2D eigenvalue weighted by Crippen LogP contribution is 2.33. The van der Waals surface area contributed by atoms with Crippen LogP contribution in [0.15, 0.2) is 18.2 Å². The molecule has 0 saturated heterocycles. The molecule has 1 fully saturated rings. The van der Waals surface area contributed by atoms with Crippen LogP contribution in [0.1, 0.15) is 50.4 Å². The highest BCUT2D eigenvalue weighted by molar-refractivity contribution is 5.91. The first-order valence-corrected chi connectivity index (χ1v) is 7.66. The second-order valence-corrected chi connectivity index (χ2v) is 6.37. The molecule has 4 N–H and O–H groups in total. The van der Waals surface area contributed by atoms with Crippen molar-refractivity contribution < 1.29 is 25.2 Å². The van der Waals surface area contributed by atoms with Crippen molar-refractivity contribution in [3.63, 3.8) is 0 Å². The monoisotopic (exact) mass is 310 g/mol. The van der Waals surface area contributed by atoms with Gasteiger partial charge in [0.05, 0.1) is 6.10 Å². The van der Waals surface area contributed by atoms with Crippen molar-refractivity contribution in [1.29, 1.82) is 0 Å². The van der Waals surface area contributed by atoms with Gasteiger partial charge in [-0.05, 0) is 42.7 Å². The van der Waals surface area contributed by atoms with Crippen molar-refractivity contribution in [3.8, 4) is 11.5 Å². The molecule has 0 heterocycles. The summed E-state index contributed by atoms with van der Waals surface area (Å²) in [6.07, 6.45) is 3.52. The number of carboxylic acids is 1. The number of benzene rings is 1. The average molecular weight is 310 g/mol. The highest BCUT2D eigenvalue weighted by atomic mass is 16.4. The number of aromatic carboxylic acids is 1. The third-order valence-corrected chi connectivity index (χ3v) is 4.23. The standard InChI is InChI=1S/C10H20O.C7H6O4/c1-7(2)9-5-4-8(3)6-10(9)11;8-5-3-1-2-4(6(5)9)7(10)11/h7-11H,4-6H2,1-3H3;1-3,8-9H,(H,10,11). The summed E-state index contributed by atoms with van der Waals surface area (Å²) in [4.78, 5) is 10.3. The van der Waals surface area contributed by atoms with Gasteiger partial charge in [-0.15, -0.1) is 0 Å². The number of aromatic hydroxyl groups is 2. The summed E-state index contributed by atoms with van der Waals surface area (Å²) in [6, 6.07) is 3.76. The average Bonchev–Trinajstić information content (AvgIpc) is 2.41. The molecule has 0 spiro atoms. The van der Waals surface area contributed by atoms with Crippen LogP contribution >= 0.6 is 0 Å². The van der Waals surface area contributed by atoms with E-state index in [0.717, 1.165) is 12.3 Å². The minimum absolute atomic E-state index is 0.0289. The van der Waals surface area contributed by atoms with Gasteiger partial charge < -0.3 is 20.4 Å². The fraction of sp³-hybridized carbons (Fsp3) is 0.588. The predicted molar refractivity (Wildman–Crippen MR) is 84.1 cm³/mol. The van der Waals surface area contributed by atoms with Gasteiger partial charge in [-0.25, -0.2) is 4.79 Å². The van der Waals surface area contributed by atoms with E-state index in [9.17, 15) is 9.90 Å². The van der Waals surface area contributed by atoms with Gasteiger partial charge in [-0.2, -0.15) is 0 Å². The molecule has 1 aliphatic carbocycles. The van der Waals surface area contributed by atoms with Crippen molar-refractivity contribution in [2.24, 2.45) is 17.8 Å². The number of para-hydroxylation sites is 1. The Kier molecular flexibility index (Phi) is 6.68. The van der Waals surface area contributed by atoms with Crippen LogP contribution in [0.4, 0.5) is 0 Å². The maximum absolute atomic E-state index is 10.3. The molecule has 1 aromatic carbocycles. The van der Waals surface area contributed by atoms with E-state index < -0.39 is 17.5 Å². The Labute approximate surface area is 131 Å². The first-order chi connectivity index (χ1) is 10.2. The largest absolute Gasteiger partial charge is 0.504 e. The Morgan fingerprint density at radius 3 is 2.32 bits per heavy atom. The first kappa shape index (κ1) is 18.3. The first-order valence-electron chi connectivity index (χ1n) is 7.66. The number of hydrogen-bond donors (Lipinski definition) is 4. The van der Waals surface area contributed by atoms with Crippen LogP contribution in [0.5, 0.6) is 11.5 Å². The van der Waals surface area contributed by atoms with E-state index in [4.69, 9.17) is 15.3 Å². The van der Waals surface area contributed by atoms with Crippen LogP contribution in [0, 0.1) is 17.8 Å². The second-order valence-electron chi connectivity index (χ2n) is 6.37. The molecule has 124 valence electrons. The SMILES string of the molecule is CC1CCC(C(C)C)C(O)C1.O=C(O)c1cccc(O)c1O. The van der Waals surface area contributed by atoms with Gasteiger partial charge in [-0.1, -0.05) is 33.3 Å². The fourth-order valence-electron chi connectivity index (χ4n) is 2.86. The molecule has 0 bridgehead atoms. The van der Waals surface area contributed by atoms with Gasteiger partial charge in [0.1, 0.15) is 5.56 Å². The van der Waals surface area contributed by atoms with Gasteiger partial charge in [0.15, 0.2) is 11.5 Å². The van der Waals surface area contributed by atoms with Gasteiger partial charge >= 0.3 is 5.97 Å². The van der Waals surface area contributed by atoms with Gasteiger partial charge in [-0.3, -0.25) is 0 Å². The lowest BCUT2D eigenvalue weighted by Gasteiger charge is -2.33. The number of carbonyl (C=O) groups is 1. The molecule has 1 aliphatic rings. The Hall–Kier alpha value is -1.75. The smallest absolute Gasteiger partial charge is 0.339 e. The van der Waals surface area contributed by atoms with Crippen molar-refractivity contribution in [3.05, 3.63) is 23.8 Å². The van der Waals surface area contributed by atoms with Crippen molar-refractivity contribution in [1.82, 2.24) is 0 Å². The number of carboxylic acid groups (broad SMARTS) is 1. The lowest BCUT2D eigenvalue weighted by molar-refractivity contribution is 0.0266. The highest BCUT2D eigenvalue weighted by Gasteiger charge is 2.28. The van der Waals surface area contributed by atoms with E-state index in [1.165, 1.54) is 31.0 Å². The molecule has 0 radical (unpaired) electrons. The quantitative estimate of drug-likeness (QED) is 0.629. The summed E-state index contributed by atoms with van der Waals surface area (Å²) in [5, 5.41) is 35.9. The van der Waals surface area contributed by atoms with Crippen molar-refractivity contribution in [2.45, 2.75) is 46.1 Å². The Morgan fingerprint density at radius 1 is 1.23 bits per heavy atom. The van der Waals surface area contributed by atoms with Crippen LogP contribution in [-0.4, -0.2) is 32.5 Å². The lowest BCUT2D eigenvalue weighted by atomic mass is 9.75. The van der Waals surface area contributed by atoms with E-state index in [0.29, 0.717) is 11.8 Å². The normalized spacial score (nSPS) is 24.5. The Morgan fingerprint density at radius 2 is 1.86 bits per heavy atom. The third-order valence-electron chi connectivity index (χ3n) is 4.23. The zero-order chi connectivity index (χ0) is 16.9. The number of rotatable bonds is 2. The number of aliphatic hydroxyl groups excluding tert-OH is 1. The van der Waals surface area contributed by atoms with Crippen LogP contribution in [0.3, 0.4) is 0 Å².